The van der Waals surface area contributed by atoms with Crippen LogP contribution in [0.5, 0.6) is 5.75 Å². The lowest BCUT2D eigenvalue weighted by Gasteiger charge is -2.10. The highest BCUT2D eigenvalue weighted by atomic mass is 16.5. The Balaban J connectivity index is 1.77. The number of hydrogen-bond donors (Lipinski definition) is 1. The first-order chi connectivity index (χ1) is 13.0. The molecule has 1 heterocycles. The highest BCUT2D eigenvalue weighted by molar-refractivity contribution is 5.93. The van der Waals surface area contributed by atoms with E-state index >= 15 is 0 Å². The predicted molar refractivity (Wildman–Crippen MR) is 104 cm³/mol. The number of nitrogens with zero attached hydrogens (tertiary/aromatic N) is 3. The second-order valence-electron chi connectivity index (χ2n) is 6.43. The van der Waals surface area contributed by atoms with Gasteiger partial charge >= 0.3 is 0 Å². The maximum absolute atomic E-state index is 12.6. The summed E-state index contributed by atoms with van der Waals surface area (Å²) >= 11 is 0. The molecule has 3 aromatic rings. The van der Waals surface area contributed by atoms with Gasteiger partial charge in [0.25, 0.3) is 5.91 Å². The van der Waals surface area contributed by atoms with Crippen molar-refractivity contribution in [2.45, 2.75) is 34.2 Å². The van der Waals surface area contributed by atoms with Crippen LogP contribution in [0.15, 0.2) is 42.5 Å². The van der Waals surface area contributed by atoms with Crippen LogP contribution in [0, 0.1) is 20.8 Å². The average Bonchev–Trinajstić information content (AvgIpc) is 3.05. The molecule has 140 valence electrons. The lowest BCUT2D eigenvalue weighted by atomic mass is 10.1. The number of carbonyl (C=O) groups excluding carboxylic acids is 1. The molecular weight excluding hydrogens is 340 g/mol. The molecule has 0 unspecified atom stereocenters. The summed E-state index contributed by atoms with van der Waals surface area (Å²) in [6.45, 7) is 8.84. The van der Waals surface area contributed by atoms with Crippen LogP contribution < -0.4 is 10.1 Å². The number of amides is 1. The van der Waals surface area contributed by atoms with Crippen LogP contribution >= 0.6 is 0 Å². The Morgan fingerprint density at radius 1 is 1.11 bits per heavy atom. The van der Waals surface area contributed by atoms with Crippen molar-refractivity contribution >= 4 is 5.91 Å². The van der Waals surface area contributed by atoms with Gasteiger partial charge in [0.15, 0.2) is 5.69 Å². The van der Waals surface area contributed by atoms with Gasteiger partial charge in [-0.2, -0.15) is 0 Å². The molecule has 6 nitrogen and oxygen atoms in total. The molecule has 0 aliphatic heterocycles. The number of para-hydroxylation sites is 1. The Morgan fingerprint density at radius 2 is 1.89 bits per heavy atom. The van der Waals surface area contributed by atoms with Crippen LogP contribution in [0.2, 0.25) is 0 Å². The minimum atomic E-state index is -0.256. The monoisotopic (exact) mass is 364 g/mol. The molecule has 0 radical (unpaired) electrons. The first-order valence-corrected chi connectivity index (χ1v) is 9.00. The van der Waals surface area contributed by atoms with Crippen molar-refractivity contribution in [3.63, 3.8) is 0 Å². The molecule has 0 atom stereocenters. The molecule has 0 aliphatic rings. The van der Waals surface area contributed by atoms with Crippen molar-refractivity contribution in [2.24, 2.45) is 0 Å². The van der Waals surface area contributed by atoms with E-state index in [1.165, 1.54) is 11.1 Å². The van der Waals surface area contributed by atoms with Gasteiger partial charge in [-0.3, -0.25) is 4.79 Å². The molecular formula is C21H24N4O2. The normalized spacial score (nSPS) is 10.7. The van der Waals surface area contributed by atoms with Gasteiger partial charge in [0.05, 0.1) is 18.0 Å². The fourth-order valence-electron chi connectivity index (χ4n) is 2.85. The smallest absolute Gasteiger partial charge is 0.274 e. The summed E-state index contributed by atoms with van der Waals surface area (Å²) in [5.74, 6) is 0.518. The average molecular weight is 364 g/mol. The summed E-state index contributed by atoms with van der Waals surface area (Å²) in [7, 11) is 0. The predicted octanol–water partition coefficient (Wildman–Crippen LogP) is 3.52. The SMILES string of the molecule is CCOc1ccccc1CNC(=O)c1nnn(-c2ccc(C)c(C)c2)c1C. The third-order valence-corrected chi connectivity index (χ3v) is 4.56. The summed E-state index contributed by atoms with van der Waals surface area (Å²) in [5.41, 5.74) is 5.22. The quantitative estimate of drug-likeness (QED) is 0.727. The molecule has 0 bridgehead atoms. The molecule has 2 aromatic carbocycles. The van der Waals surface area contributed by atoms with Crippen LogP contribution in [0.4, 0.5) is 0 Å². The molecule has 27 heavy (non-hydrogen) atoms. The second-order valence-corrected chi connectivity index (χ2v) is 6.43. The van der Waals surface area contributed by atoms with Crippen molar-refractivity contribution < 1.29 is 9.53 Å². The van der Waals surface area contributed by atoms with Crippen molar-refractivity contribution in [1.29, 1.82) is 0 Å². The summed E-state index contributed by atoms with van der Waals surface area (Å²) < 4.78 is 7.29. The lowest BCUT2D eigenvalue weighted by Crippen LogP contribution is -2.24. The molecule has 3 rings (SSSR count). The van der Waals surface area contributed by atoms with E-state index in [4.69, 9.17) is 4.74 Å². The van der Waals surface area contributed by atoms with E-state index in [2.05, 4.69) is 29.5 Å². The Labute approximate surface area is 159 Å². The van der Waals surface area contributed by atoms with E-state index in [1.54, 1.807) is 4.68 Å². The fourth-order valence-corrected chi connectivity index (χ4v) is 2.85. The van der Waals surface area contributed by atoms with Crippen LogP contribution in [0.1, 0.15) is 39.8 Å². The van der Waals surface area contributed by atoms with E-state index in [1.807, 2.05) is 56.3 Å². The second kappa shape index (κ2) is 8.03. The van der Waals surface area contributed by atoms with E-state index in [0.717, 1.165) is 17.0 Å². The summed E-state index contributed by atoms with van der Waals surface area (Å²) in [5, 5.41) is 11.2. The number of rotatable bonds is 6. The lowest BCUT2D eigenvalue weighted by molar-refractivity contribution is 0.0945. The van der Waals surface area contributed by atoms with Gasteiger partial charge in [0.2, 0.25) is 0 Å². The molecule has 0 spiro atoms. The maximum atomic E-state index is 12.6. The number of hydrogen-bond acceptors (Lipinski definition) is 4. The number of carbonyl (C=O) groups is 1. The summed E-state index contributed by atoms with van der Waals surface area (Å²) in [4.78, 5) is 12.6. The van der Waals surface area contributed by atoms with E-state index in [-0.39, 0.29) is 5.91 Å². The molecule has 0 fully saturated rings. The third kappa shape index (κ3) is 4.00. The van der Waals surface area contributed by atoms with E-state index < -0.39 is 0 Å². The molecule has 0 saturated heterocycles. The van der Waals surface area contributed by atoms with Gasteiger partial charge in [-0.1, -0.05) is 29.5 Å². The van der Waals surface area contributed by atoms with Gasteiger partial charge in [-0.15, -0.1) is 5.10 Å². The maximum Gasteiger partial charge on any atom is 0.274 e. The third-order valence-electron chi connectivity index (χ3n) is 4.56. The Kier molecular flexibility index (Phi) is 5.54. The van der Waals surface area contributed by atoms with Gasteiger partial charge in [0, 0.05) is 12.1 Å². The van der Waals surface area contributed by atoms with Gasteiger partial charge in [-0.05, 0) is 57.0 Å². The number of aromatic nitrogens is 3. The number of ether oxygens (including phenoxy) is 1. The van der Waals surface area contributed by atoms with Crippen LogP contribution in [-0.2, 0) is 6.54 Å². The summed E-state index contributed by atoms with van der Waals surface area (Å²) in [6, 6.07) is 13.7. The molecule has 6 heteroatoms. The topological polar surface area (TPSA) is 69.0 Å². The molecule has 1 aromatic heterocycles. The van der Waals surface area contributed by atoms with Crippen LogP contribution in [-0.4, -0.2) is 27.5 Å². The zero-order valence-electron chi connectivity index (χ0n) is 16.1. The highest BCUT2D eigenvalue weighted by Gasteiger charge is 2.18. The van der Waals surface area contributed by atoms with Crippen molar-refractivity contribution in [3.05, 3.63) is 70.5 Å². The van der Waals surface area contributed by atoms with Crippen molar-refractivity contribution in [2.75, 3.05) is 6.61 Å². The van der Waals surface area contributed by atoms with Crippen LogP contribution in [0.25, 0.3) is 5.69 Å². The van der Waals surface area contributed by atoms with Gasteiger partial charge < -0.3 is 10.1 Å². The summed E-state index contributed by atoms with van der Waals surface area (Å²) in [6.07, 6.45) is 0. The largest absolute Gasteiger partial charge is 0.494 e. The van der Waals surface area contributed by atoms with E-state index in [9.17, 15) is 4.79 Å². The van der Waals surface area contributed by atoms with Gasteiger partial charge in [-0.25, -0.2) is 4.68 Å². The van der Waals surface area contributed by atoms with Crippen molar-refractivity contribution in [1.82, 2.24) is 20.3 Å². The number of nitrogens with one attached hydrogen (secondary N) is 1. The highest BCUT2D eigenvalue weighted by Crippen LogP contribution is 2.19. The molecule has 1 N–H and O–H groups in total. The van der Waals surface area contributed by atoms with Crippen molar-refractivity contribution in [3.8, 4) is 11.4 Å². The number of benzene rings is 2. The molecule has 1 amide bonds. The minimum Gasteiger partial charge on any atom is -0.494 e. The fraction of sp³-hybridized carbons (Fsp3) is 0.286. The Hall–Kier alpha value is -3.15. The van der Waals surface area contributed by atoms with E-state index in [0.29, 0.717) is 24.5 Å². The first-order valence-electron chi connectivity index (χ1n) is 9.00. The molecule has 0 saturated carbocycles. The minimum absolute atomic E-state index is 0.256. The Bertz CT molecular complexity index is 963. The zero-order chi connectivity index (χ0) is 19.4. The Morgan fingerprint density at radius 3 is 2.63 bits per heavy atom. The van der Waals surface area contributed by atoms with Gasteiger partial charge in [0.1, 0.15) is 5.75 Å². The molecule has 0 aliphatic carbocycles. The number of aryl methyl sites for hydroxylation is 2. The first kappa shape index (κ1) is 18.6. The zero-order valence-corrected chi connectivity index (χ0v) is 16.1. The van der Waals surface area contributed by atoms with Crippen LogP contribution in [0.3, 0.4) is 0 Å². The standard InChI is InChI=1S/C21H24N4O2/c1-5-27-19-9-7-6-8-17(19)13-22-21(26)20-16(4)25(24-23-20)18-11-10-14(2)15(3)12-18/h6-12H,5,13H2,1-4H3,(H,22,26).